The van der Waals surface area contributed by atoms with E-state index in [1.54, 1.807) is 0 Å². The fourth-order valence-electron chi connectivity index (χ4n) is 2.66. The minimum atomic E-state index is -0.928. The van der Waals surface area contributed by atoms with E-state index in [1.807, 2.05) is 0 Å². The van der Waals surface area contributed by atoms with Crippen LogP contribution in [0.25, 0.3) is 0 Å². The average Bonchev–Trinajstić information content (AvgIpc) is 2.45. The largest absolute Gasteiger partial charge is 1.00 e. The van der Waals surface area contributed by atoms with Crippen molar-refractivity contribution >= 4 is 5.97 Å². The third kappa shape index (κ3) is 20.4. The van der Waals surface area contributed by atoms with Crippen molar-refractivity contribution < 1.29 is 44.6 Å². The Morgan fingerprint density at radius 1 is 0.818 bits per heavy atom. The Kier molecular flexibility index (Phi) is 21.8. The quantitative estimate of drug-likeness (QED) is 0.340. The zero-order valence-corrected chi connectivity index (χ0v) is 16.9. The summed E-state index contributed by atoms with van der Waals surface area (Å²) in [6.45, 7) is 2.21. The summed E-state index contributed by atoms with van der Waals surface area (Å²) in [5, 5.41) is 20.1. The minimum Gasteiger partial charge on any atom is -0.550 e. The Morgan fingerprint density at radius 2 is 1.23 bits per heavy atom. The van der Waals surface area contributed by atoms with Crippen molar-refractivity contribution in [3.05, 3.63) is 0 Å². The number of unbranched alkanes of at least 4 members (excludes halogenated alkanes) is 10. The molecule has 126 valence electrons. The zero-order chi connectivity index (χ0) is 15.8. The van der Waals surface area contributed by atoms with Crippen LogP contribution in [0.3, 0.4) is 0 Å². The molecule has 0 spiro atoms. The molecule has 0 aromatic heterocycles. The normalized spacial score (nSPS) is 11.9. The van der Waals surface area contributed by atoms with Crippen LogP contribution in [0.15, 0.2) is 0 Å². The third-order valence-electron chi connectivity index (χ3n) is 4.06. The molecule has 3 nitrogen and oxygen atoms in total. The van der Waals surface area contributed by atoms with Gasteiger partial charge in [0.1, 0.15) is 0 Å². The van der Waals surface area contributed by atoms with Crippen molar-refractivity contribution in [2.24, 2.45) is 0 Å². The van der Waals surface area contributed by atoms with Gasteiger partial charge in [-0.15, -0.1) is 0 Å². The Morgan fingerprint density at radius 3 is 1.68 bits per heavy atom. The number of carboxylic acids is 1. The second-order valence-electron chi connectivity index (χ2n) is 6.24. The topological polar surface area (TPSA) is 60.4 Å². The van der Waals surface area contributed by atoms with Crippen LogP contribution in [-0.4, -0.2) is 17.2 Å². The molecule has 0 saturated carbocycles. The average molecular weight is 322 g/mol. The van der Waals surface area contributed by atoms with Crippen LogP contribution < -0.4 is 34.7 Å². The maximum Gasteiger partial charge on any atom is 1.00 e. The molecule has 1 atom stereocenters. The van der Waals surface area contributed by atoms with E-state index in [9.17, 15) is 15.0 Å². The van der Waals surface area contributed by atoms with Gasteiger partial charge in [-0.25, -0.2) is 0 Å². The van der Waals surface area contributed by atoms with Gasteiger partial charge in [0, 0.05) is 5.97 Å². The summed E-state index contributed by atoms with van der Waals surface area (Å²) < 4.78 is 0. The van der Waals surface area contributed by atoms with Crippen LogP contribution in [0.1, 0.15) is 103 Å². The van der Waals surface area contributed by atoms with E-state index in [0.717, 1.165) is 38.5 Å². The molecule has 0 bridgehead atoms. The smallest absolute Gasteiger partial charge is 0.550 e. The second-order valence-corrected chi connectivity index (χ2v) is 6.24. The molecule has 0 aliphatic heterocycles. The summed E-state index contributed by atoms with van der Waals surface area (Å²) in [6.07, 6.45) is 15.9. The van der Waals surface area contributed by atoms with E-state index in [0.29, 0.717) is 0 Å². The van der Waals surface area contributed by atoms with Gasteiger partial charge >= 0.3 is 29.6 Å². The number of hydrogen-bond donors (Lipinski definition) is 1. The number of carboxylic acid groups (broad SMARTS) is 1. The van der Waals surface area contributed by atoms with Crippen LogP contribution in [-0.2, 0) is 4.79 Å². The number of carbonyl (C=O) groups is 1. The summed E-state index contributed by atoms with van der Waals surface area (Å²) >= 11 is 0. The first-order valence-corrected chi connectivity index (χ1v) is 9.04. The molecule has 4 heteroatoms. The first-order chi connectivity index (χ1) is 10.2. The molecule has 22 heavy (non-hydrogen) atoms. The van der Waals surface area contributed by atoms with Crippen LogP contribution in [0.5, 0.6) is 0 Å². The molecule has 0 radical (unpaired) electrons. The van der Waals surface area contributed by atoms with Crippen molar-refractivity contribution in [2.45, 2.75) is 109 Å². The molecule has 0 unspecified atom stereocenters. The van der Waals surface area contributed by atoms with Crippen molar-refractivity contribution in [2.75, 3.05) is 0 Å². The fraction of sp³-hybridized carbons (Fsp3) is 0.944. The molecule has 0 heterocycles. The standard InChI is InChI=1S/C18H36O3.Na/c1-2-3-4-11-14-17(19)15-12-9-7-5-6-8-10-13-16-18(20)21;/h17,19H,2-16H2,1H3,(H,20,21);/q;+1/p-1/t17-;/m0./s1. The number of aliphatic hydroxyl groups excluding tert-OH is 1. The number of carbonyl (C=O) groups excluding carboxylic acids is 1. The maximum absolute atomic E-state index is 10.2. The summed E-state index contributed by atoms with van der Waals surface area (Å²) in [7, 11) is 0. The molecule has 0 aromatic rings. The Balaban J connectivity index is 0. The predicted molar refractivity (Wildman–Crippen MR) is 85.9 cm³/mol. The minimum absolute atomic E-state index is 0. The van der Waals surface area contributed by atoms with Gasteiger partial charge in [-0.05, 0) is 25.7 Å². The van der Waals surface area contributed by atoms with Gasteiger partial charge in [0.05, 0.1) is 6.10 Å². The van der Waals surface area contributed by atoms with Crippen molar-refractivity contribution in [1.29, 1.82) is 0 Å². The molecule has 0 rings (SSSR count). The third-order valence-corrected chi connectivity index (χ3v) is 4.06. The van der Waals surface area contributed by atoms with E-state index >= 15 is 0 Å². The molecular formula is C18H35NaO3. The van der Waals surface area contributed by atoms with Gasteiger partial charge < -0.3 is 15.0 Å². The van der Waals surface area contributed by atoms with E-state index < -0.39 is 5.97 Å². The van der Waals surface area contributed by atoms with Gasteiger partial charge in [-0.3, -0.25) is 0 Å². The van der Waals surface area contributed by atoms with Crippen LogP contribution in [0.2, 0.25) is 0 Å². The van der Waals surface area contributed by atoms with E-state index in [4.69, 9.17) is 0 Å². The fourth-order valence-corrected chi connectivity index (χ4v) is 2.66. The number of aliphatic carboxylic acids is 1. The first-order valence-electron chi connectivity index (χ1n) is 9.04. The Bertz CT molecular complexity index is 234. The SMILES string of the molecule is CCCCCC[C@H](O)CCCCCCCCCCC(=O)[O-].[Na+]. The van der Waals surface area contributed by atoms with Gasteiger partial charge in [0.25, 0.3) is 0 Å². The molecule has 1 N–H and O–H groups in total. The molecule has 0 aromatic carbocycles. The van der Waals surface area contributed by atoms with E-state index in [2.05, 4.69) is 6.92 Å². The Hall–Kier alpha value is 0.430. The summed E-state index contributed by atoms with van der Waals surface area (Å²) in [6, 6.07) is 0. The predicted octanol–water partition coefficient (Wildman–Crippen LogP) is 0.973. The molecule has 0 amide bonds. The van der Waals surface area contributed by atoms with Crippen molar-refractivity contribution in [3.8, 4) is 0 Å². The van der Waals surface area contributed by atoms with Gasteiger partial charge in [-0.1, -0.05) is 77.6 Å². The molecule has 0 aliphatic carbocycles. The zero-order valence-electron chi connectivity index (χ0n) is 14.9. The van der Waals surface area contributed by atoms with Crippen molar-refractivity contribution in [1.82, 2.24) is 0 Å². The maximum atomic E-state index is 10.2. The van der Waals surface area contributed by atoms with Crippen molar-refractivity contribution in [3.63, 3.8) is 0 Å². The van der Waals surface area contributed by atoms with Gasteiger partial charge in [-0.2, -0.15) is 0 Å². The summed E-state index contributed by atoms with van der Waals surface area (Å²) in [5.41, 5.74) is 0. The number of aliphatic hydroxyl groups is 1. The van der Waals surface area contributed by atoms with E-state index in [1.165, 1.54) is 51.4 Å². The first kappa shape index (κ1) is 24.7. The molecule has 0 aliphatic rings. The summed E-state index contributed by atoms with van der Waals surface area (Å²) in [4.78, 5) is 10.2. The van der Waals surface area contributed by atoms with Gasteiger partial charge in [0.2, 0.25) is 0 Å². The number of rotatable bonds is 16. The number of hydrogen-bond acceptors (Lipinski definition) is 3. The molecule has 0 saturated heterocycles. The monoisotopic (exact) mass is 322 g/mol. The molecular weight excluding hydrogens is 287 g/mol. The van der Waals surface area contributed by atoms with E-state index in [-0.39, 0.29) is 42.1 Å². The Labute approximate surface area is 159 Å². The van der Waals surface area contributed by atoms with Crippen LogP contribution >= 0.6 is 0 Å². The van der Waals surface area contributed by atoms with Crippen LogP contribution in [0.4, 0.5) is 0 Å². The second kappa shape index (κ2) is 19.5. The summed E-state index contributed by atoms with van der Waals surface area (Å²) in [5.74, 6) is -0.928. The van der Waals surface area contributed by atoms with Gasteiger partial charge in [0.15, 0.2) is 0 Å². The van der Waals surface area contributed by atoms with Crippen LogP contribution in [0, 0.1) is 0 Å². The molecule has 0 fully saturated rings.